The zero-order valence-electron chi connectivity index (χ0n) is 12.3. The van der Waals surface area contributed by atoms with Crippen molar-refractivity contribution < 1.29 is 9.47 Å². The number of hydrogen-bond donors (Lipinski definition) is 2. The molecule has 0 saturated heterocycles. The monoisotopic (exact) mass is 296 g/mol. The summed E-state index contributed by atoms with van der Waals surface area (Å²) in [6.45, 7) is 0. The molecule has 22 heavy (non-hydrogen) atoms. The average Bonchev–Trinajstić information content (AvgIpc) is 2.55. The van der Waals surface area contributed by atoms with Gasteiger partial charge >= 0.3 is 0 Å². The Hall–Kier alpha value is -3.02. The largest absolute Gasteiger partial charge is 0.493 e. The minimum absolute atomic E-state index is 0.441. The van der Waals surface area contributed by atoms with Crippen LogP contribution >= 0.6 is 0 Å². The molecule has 2 aromatic carbocycles. The predicted octanol–water partition coefficient (Wildman–Crippen LogP) is 2.97. The lowest BCUT2D eigenvalue weighted by Crippen LogP contribution is -2.02. The fourth-order valence-corrected chi connectivity index (χ4v) is 2.33. The SMILES string of the molecule is COc1cc2ncnc(Nc3ccccc3)c2c(N)c1OC. The molecule has 0 fully saturated rings. The van der Waals surface area contributed by atoms with Crippen LogP contribution in [0.1, 0.15) is 0 Å². The standard InChI is InChI=1S/C16H16N4O2/c1-21-12-8-11-13(14(17)15(12)22-2)16(19-9-18-11)20-10-6-4-3-5-7-10/h3-9H,17H2,1-2H3,(H,18,19,20). The van der Waals surface area contributed by atoms with E-state index in [4.69, 9.17) is 15.2 Å². The number of nitrogen functional groups attached to an aromatic ring is 1. The van der Waals surface area contributed by atoms with Crippen LogP contribution in [0.25, 0.3) is 10.9 Å². The maximum absolute atomic E-state index is 6.24. The number of methoxy groups -OCH3 is 2. The molecule has 3 N–H and O–H groups in total. The van der Waals surface area contributed by atoms with Crippen molar-refractivity contribution in [1.82, 2.24) is 9.97 Å². The summed E-state index contributed by atoms with van der Waals surface area (Å²) in [5, 5.41) is 3.95. The molecule has 0 unspecified atom stereocenters. The second-order valence-corrected chi connectivity index (χ2v) is 4.63. The lowest BCUT2D eigenvalue weighted by Gasteiger charge is -2.15. The number of fused-ring (bicyclic) bond motifs is 1. The highest BCUT2D eigenvalue weighted by Gasteiger charge is 2.17. The summed E-state index contributed by atoms with van der Waals surface area (Å²) in [7, 11) is 3.11. The Kier molecular flexibility index (Phi) is 3.65. The molecule has 3 rings (SSSR count). The van der Waals surface area contributed by atoms with E-state index in [-0.39, 0.29) is 0 Å². The zero-order chi connectivity index (χ0) is 15.5. The van der Waals surface area contributed by atoms with Crippen LogP contribution in [0.15, 0.2) is 42.7 Å². The number of aromatic nitrogens is 2. The lowest BCUT2D eigenvalue weighted by molar-refractivity contribution is 0.357. The van der Waals surface area contributed by atoms with Crippen LogP contribution in [0.5, 0.6) is 11.5 Å². The van der Waals surface area contributed by atoms with Crippen molar-refractivity contribution in [1.29, 1.82) is 0 Å². The first-order valence-corrected chi connectivity index (χ1v) is 6.72. The normalized spacial score (nSPS) is 10.5. The van der Waals surface area contributed by atoms with E-state index in [1.54, 1.807) is 20.3 Å². The first-order chi connectivity index (χ1) is 10.7. The van der Waals surface area contributed by atoms with Crippen LogP contribution in [0.3, 0.4) is 0 Å². The molecule has 6 heteroatoms. The fourth-order valence-electron chi connectivity index (χ4n) is 2.33. The first-order valence-electron chi connectivity index (χ1n) is 6.72. The van der Waals surface area contributed by atoms with E-state index < -0.39 is 0 Å². The van der Waals surface area contributed by atoms with Crippen LogP contribution in [0.2, 0.25) is 0 Å². The number of nitrogens with one attached hydrogen (secondary N) is 1. The highest BCUT2D eigenvalue weighted by Crippen LogP contribution is 2.41. The van der Waals surface area contributed by atoms with Gasteiger partial charge in [0.25, 0.3) is 0 Å². The summed E-state index contributed by atoms with van der Waals surface area (Å²) < 4.78 is 10.6. The molecule has 0 radical (unpaired) electrons. The van der Waals surface area contributed by atoms with Gasteiger partial charge in [0.15, 0.2) is 11.5 Å². The fraction of sp³-hybridized carbons (Fsp3) is 0.125. The second kappa shape index (κ2) is 5.77. The Labute approximate surface area is 127 Å². The van der Waals surface area contributed by atoms with E-state index in [0.717, 1.165) is 5.69 Å². The van der Waals surface area contributed by atoms with Gasteiger partial charge in [0.05, 0.1) is 30.8 Å². The number of nitrogens with zero attached hydrogens (tertiary/aromatic N) is 2. The van der Waals surface area contributed by atoms with E-state index in [0.29, 0.717) is 33.9 Å². The van der Waals surface area contributed by atoms with Gasteiger partial charge in [0.2, 0.25) is 0 Å². The van der Waals surface area contributed by atoms with Gasteiger partial charge in [0, 0.05) is 11.8 Å². The number of para-hydroxylation sites is 1. The molecule has 0 aliphatic carbocycles. The Morgan fingerprint density at radius 3 is 2.50 bits per heavy atom. The predicted molar refractivity (Wildman–Crippen MR) is 86.8 cm³/mol. The third kappa shape index (κ3) is 2.35. The summed E-state index contributed by atoms with van der Waals surface area (Å²) in [5.41, 5.74) is 8.27. The lowest BCUT2D eigenvalue weighted by atomic mass is 10.1. The van der Waals surface area contributed by atoms with Gasteiger partial charge in [0.1, 0.15) is 12.1 Å². The Morgan fingerprint density at radius 2 is 1.82 bits per heavy atom. The third-order valence-corrected chi connectivity index (χ3v) is 3.34. The summed E-state index contributed by atoms with van der Waals surface area (Å²) in [5.74, 6) is 1.63. The van der Waals surface area contributed by atoms with Crippen LogP contribution in [0.4, 0.5) is 17.2 Å². The molecule has 0 atom stereocenters. The van der Waals surface area contributed by atoms with E-state index in [2.05, 4.69) is 15.3 Å². The van der Waals surface area contributed by atoms with Gasteiger partial charge in [-0.25, -0.2) is 9.97 Å². The molecule has 112 valence electrons. The minimum atomic E-state index is 0.441. The molecule has 1 aromatic heterocycles. The van der Waals surface area contributed by atoms with Crippen LogP contribution < -0.4 is 20.5 Å². The van der Waals surface area contributed by atoms with Crippen molar-refractivity contribution in [2.24, 2.45) is 0 Å². The number of anilines is 3. The number of nitrogens with two attached hydrogens (primary N) is 1. The summed E-state index contributed by atoms with van der Waals surface area (Å²) in [6, 6.07) is 11.5. The molecule has 1 heterocycles. The average molecular weight is 296 g/mol. The number of benzene rings is 2. The third-order valence-electron chi connectivity index (χ3n) is 3.34. The molecule has 0 saturated carbocycles. The molecule has 0 bridgehead atoms. The Balaban J connectivity index is 2.19. The van der Waals surface area contributed by atoms with Crippen molar-refractivity contribution in [3.8, 4) is 11.5 Å². The van der Waals surface area contributed by atoms with Crippen LogP contribution in [-0.4, -0.2) is 24.2 Å². The highest BCUT2D eigenvalue weighted by molar-refractivity contribution is 6.03. The van der Waals surface area contributed by atoms with Crippen molar-refractivity contribution in [3.05, 3.63) is 42.7 Å². The topological polar surface area (TPSA) is 82.3 Å². The van der Waals surface area contributed by atoms with Gasteiger partial charge in [-0.3, -0.25) is 0 Å². The van der Waals surface area contributed by atoms with Gasteiger partial charge < -0.3 is 20.5 Å². The molecule has 0 amide bonds. The van der Waals surface area contributed by atoms with Crippen LogP contribution in [0, 0.1) is 0 Å². The molecule has 3 aromatic rings. The molecule has 6 nitrogen and oxygen atoms in total. The molecule has 0 spiro atoms. The second-order valence-electron chi connectivity index (χ2n) is 4.63. The zero-order valence-corrected chi connectivity index (χ0v) is 12.3. The number of rotatable bonds is 4. The maximum atomic E-state index is 6.24. The summed E-state index contributed by atoms with van der Waals surface area (Å²) in [6.07, 6.45) is 1.49. The van der Waals surface area contributed by atoms with E-state index >= 15 is 0 Å². The highest BCUT2D eigenvalue weighted by atomic mass is 16.5. The first kappa shape index (κ1) is 13.9. The molecular formula is C16H16N4O2. The minimum Gasteiger partial charge on any atom is -0.493 e. The Bertz CT molecular complexity index is 806. The number of hydrogen-bond acceptors (Lipinski definition) is 6. The summed E-state index contributed by atoms with van der Waals surface area (Å²) in [4.78, 5) is 8.56. The molecular weight excluding hydrogens is 280 g/mol. The Morgan fingerprint density at radius 1 is 1.05 bits per heavy atom. The van der Waals surface area contributed by atoms with Crippen molar-refractivity contribution in [2.75, 3.05) is 25.3 Å². The van der Waals surface area contributed by atoms with Crippen LogP contribution in [-0.2, 0) is 0 Å². The van der Waals surface area contributed by atoms with Gasteiger partial charge in [-0.1, -0.05) is 18.2 Å². The van der Waals surface area contributed by atoms with Crippen molar-refractivity contribution >= 4 is 28.1 Å². The molecule has 0 aliphatic rings. The van der Waals surface area contributed by atoms with Gasteiger partial charge in [-0.15, -0.1) is 0 Å². The van der Waals surface area contributed by atoms with E-state index in [1.807, 2.05) is 30.3 Å². The summed E-state index contributed by atoms with van der Waals surface area (Å²) >= 11 is 0. The maximum Gasteiger partial charge on any atom is 0.184 e. The smallest absolute Gasteiger partial charge is 0.184 e. The molecule has 0 aliphatic heterocycles. The number of ether oxygens (including phenoxy) is 2. The van der Waals surface area contributed by atoms with Gasteiger partial charge in [-0.05, 0) is 12.1 Å². The van der Waals surface area contributed by atoms with Crippen molar-refractivity contribution in [3.63, 3.8) is 0 Å². The quantitative estimate of drug-likeness (QED) is 0.720. The van der Waals surface area contributed by atoms with E-state index in [1.165, 1.54) is 6.33 Å². The van der Waals surface area contributed by atoms with Crippen molar-refractivity contribution in [2.45, 2.75) is 0 Å². The van der Waals surface area contributed by atoms with E-state index in [9.17, 15) is 0 Å². The van der Waals surface area contributed by atoms with Gasteiger partial charge in [-0.2, -0.15) is 0 Å².